The smallest absolute Gasteiger partial charge is 0.209 e. The first-order valence-corrected chi connectivity index (χ1v) is 8.53. The van der Waals surface area contributed by atoms with Crippen molar-refractivity contribution < 1.29 is 4.90 Å². The SMILES string of the molecule is c1ccc(C2=N[C@@H](c3ccccc3)[NH+]3[C@H]2[C@@H]3c2ccccc2)cc1. The second-order valence-electron chi connectivity index (χ2n) is 6.56. The van der Waals surface area contributed by atoms with Gasteiger partial charge in [0.15, 0.2) is 12.1 Å². The van der Waals surface area contributed by atoms with Gasteiger partial charge in [0.1, 0.15) is 5.71 Å². The fourth-order valence-corrected chi connectivity index (χ4v) is 4.04. The Morgan fingerprint density at radius 2 is 1.12 bits per heavy atom. The van der Waals surface area contributed by atoms with Crippen LogP contribution in [0.25, 0.3) is 0 Å². The van der Waals surface area contributed by atoms with Crippen LogP contribution in [0.2, 0.25) is 0 Å². The molecule has 5 rings (SSSR count). The van der Waals surface area contributed by atoms with Crippen LogP contribution in [0, 0.1) is 0 Å². The summed E-state index contributed by atoms with van der Waals surface area (Å²) in [5.41, 5.74) is 5.24. The Balaban J connectivity index is 1.58. The highest BCUT2D eigenvalue weighted by Gasteiger charge is 2.65. The summed E-state index contributed by atoms with van der Waals surface area (Å²) in [5, 5.41) is 0. The summed E-state index contributed by atoms with van der Waals surface area (Å²) in [6, 6.07) is 33.2. The topological polar surface area (TPSA) is 16.8 Å². The van der Waals surface area contributed by atoms with Crippen molar-refractivity contribution in [2.45, 2.75) is 18.2 Å². The third-order valence-corrected chi connectivity index (χ3v) is 5.16. The van der Waals surface area contributed by atoms with E-state index in [1.807, 2.05) is 0 Å². The van der Waals surface area contributed by atoms with Crippen molar-refractivity contribution >= 4 is 5.71 Å². The summed E-state index contributed by atoms with van der Waals surface area (Å²) in [6.07, 6.45) is 0.205. The molecular formula is C22H19N2+. The van der Waals surface area contributed by atoms with E-state index in [0.717, 1.165) is 0 Å². The molecule has 3 aromatic rings. The number of benzene rings is 3. The van der Waals surface area contributed by atoms with Gasteiger partial charge in [-0.1, -0.05) is 91.0 Å². The first kappa shape index (κ1) is 13.7. The van der Waals surface area contributed by atoms with Crippen molar-refractivity contribution in [3.8, 4) is 0 Å². The Labute approximate surface area is 142 Å². The van der Waals surface area contributed by atoms with Crippen molar-refractivity contribution in [2.24, 2.45) is 4.99 Å². The first-order chi connectivity index (χ1) is 11.9. The fourth-order valence-electron chi connectivity index (χ4n) is 4.04. The van der Waals surface area contributed by atoms with Gasteiger partial charge in [-0.05, 0) is 0 Å². The van der Waals surface area contributed by atoms with Gasteiger partial charge in [0.05, 0.1) is 0 Å². The highest BCUT2D eigenvalue weighted by molar-refractivity contribution is 6.06. The molecular weight excluding hydrogens is 292 g/mol. The number of hydrogen-bond acceptors (Lipinski definition) is 1. The molecule has 2 aliphatic rings. The van der Waals surface area contributed by atoms with Crippen molar-refractivity contribution in [3.05, 3.63) is 108 Å². The molecule has 24 heavy (non-hydrogen) atoms. The van der Waals surface area contributed by atoms with Gasteiger partial charge in [-0.25, -0.2) is 4.99 Å². The molecule has 116 valence electrons. The highest BCUT2D eigenvalue weighted by Crippen LogP contribution is 2.36. The molecule has 0 aromatic heterocycles. The minimum atomic E-state index is 0.205. The molecule has 1 saturated heterocycles. The lowest BCUT2D eigenvalue weighted by Crippen LogP contribution is -2.93. The normalized spacial score (nSPS) is 27.4. The summed E-state index contributed by atoms with van der Waals surface area (Å²) in [4.78, 5) is 6.68. The lowest BCUT2D eigenvalue weighted by molar-refractivity contribution is -0.817. The molecule has 2 heteroatoms. The van der Waals surface area contributed by atoms with E-state index in [0.29, 0.717) is 12.1 Å². The van der Waals surface area contributed by atoms with Gasteiger partial charge in [-0.15, -0.1) is 0 Å². The summed E-state index contributed by atoms with van der Waals surface area (Å²) >= 11 is 0. The average molecular weight is 311 g/mol. The number of rotatable bonds is 3. The zero-order valence-corrected chi connectivity index (χ0v) is 13.3. The largest absolute Gasteiger partial charge is 0.286 e. The summed E-state index contributed by atoms with van der Waals surface area (Å²) in [6.45, 7) is 0. The zero-order valence-electron chi connectivity index (χ0n) is 13.3. The van der Waals surface area contributed by atoms with E-state index in [1.165, 1.54) is 22.4 Å². The van der Waals surface area contributed by atoms with Crippen LogP contribution in [0.1, 0.15) is 28.9 Å². The van der Waals surface area contributed by atoms with Gasteiger partial charge >= 0.3 is 0 Å². The van der Waals surface area contributed by atoms with Gasteiger partial charge in [-0.3, -0.25) is 4.90 Å². The summed E-state index contributed by atoms with van der Waals surface area (Å²) in [5.74, 6) is 0. The second kappa shape index (κ2) is 5.43. The van der Waals surface area contributed by atoms with Gasteiger partial charge < -0.3 is 0 Å². The molecule has 2 nitrogen and oxygen atoms in total. The van der Waals surface area contributed by atoms with E-state index >= 15 is 0 Å². The predicted molar refractivity (Wildman–Crippen MR) is 96.1 cm³/mol. The van der Waals surface area contributed by atoms with E-state index in [-0.39, 0.29) is 6.17 Å². The van der Waals surface area contributed by atoms with E-state index in [2.05, 4.69) is 91.0 Å². The zero-order chi connectivity index (χ0) is 15.9. The lowest BCUT2D eigenvalue weighted by atomic mass is 10.0. The quantitative estimate of drug-likeness (QED) is 0.716. The first-order valence-electron chi connectivity index (χ1n) is 8.53. The van der Waals surface area contributed by atoms with E-state index in [1.54, 1.807) is 4.90 Å². The van der Waals surface area contributed by atoms with Crippen molar-refractivity contribution in [1.82, 2.24) is 0 Å². The van der Waals surface area contributed by atoms with Gasteiger partial charge in [0.2, 0.25) is 6.17 Å². The molecule has 0 bridgehead atoms. The van der Waals surface area contributed by atoms with Crippen LogP contribution >= 0.6 is 0 Å². The molecule has 0 saturated carbocycles. The number of nitrogens with one attached hydrogen (secondary N) is 1. The fraction of sp³-hybridized carbons (Fsp3) is 0.136. The maximum Gasteiger partial charge on any atom is 0.209 e. The number of fused-ring (bicyclic) bond motifs is 1. The van der Waals surface area contributed by atoms with Crippen LogP contribution in [-0.4, -0.2) is 11.8 Å². The molecule has 4 atom stereocenters. The predicted octanol–water partition coefficient (Wildman–Crippen LogP) is 3.20. The summed E-state index contributed by atoms with van der Waals surface area (Å²) < 4.78 is 0. The molecule has 3 aromatic carbocycles. The molecule has 2 aliphatic heterocycles. The van der Waals surface area contributed by atoms with E-state index in [9.17, 15) is 0 Å². The number of nitrogens with zero attached hydrogens (tertiary/aromatic N) is 1. The monoisotopic (exact) mass is 311 g/mol. The Morgan fingerprint density at radius 3 is 1.75 bits per heavy atom. The Hall–Kier alpha value is -2.71. The Kier molecular flexibility index (Phi) is 3.10. The Morgan fingerprint density at radius 1 is 0.583 bits per heavy atom. The number of aliphatic imine (C=N–C) groups is 1. The van der Waals surface area contributed by atoms with Crippen LogP contribution in [0.4, 0.5) is 0 Å². The van der Waals surface area contributed by atoms with Crippen LogP contribution in [0.3, 0.4) is 0 Å². The van der Waals surface area contributed by atoms with Gasteiger partial charge in [0, 0.05) is 16.7 Å². The minimum Gasteiger partial charge on any atom is -0.286 e. The third kappa shape index (κ3) is 2.11. The van der Waals surface area contributed by atoms with Crippen LogP contribution in [0.15, 0.2) is 96.0 Å². The minimum absolute atomic E-state index is 0.205. The van der Waals surface area contributed by atoms with Crippen LogP contribution in [-0.2, 0) is 0 Å². The van der Waals surface area contributed by atoms with Crippen molar-refractivity contribution in [2.75, 3.05) is 0 Å². The molecule has 2 heterocycles. The lowest BCUT2D eigenvalue weighted by Gasteiger charge is -2.10. The van der Waals surface area contributed by atoms with Crippen LogP contribution in [0.5, 0.6) is 0 Å². The van der Waals surface area contributed by atoms with E-state index < -0.39 is 0 Å². The Bertz CT molecular complexity index is 872. The average Bonchev–Trinajstić information content (AvgIpc) is 3.28. The van der Waals surface area contributed by atoms with Crippen molar-refractivity contribution in [3.63, 3.8) is 0 Å². The highest BCUT2D eigenvalue weighted by atomic mass is 15.5. The maximum atomic E-state index is 5.11. The molecule has 1 fully saturated rings. The standard InChI is InChI=1S/C22H18N2/c1-4-10-16(11-5-1)19-21-20(17-12-6-2-7-13-17)24(21)22(23-19)18-14-8-3-9-15-18/h1-15,20-22H/p+1/t20-,21+,22+,24?/m0/s1. The number of hydrogen-bond donors (Lipinski definition) is 1. The summed E-state index contributed by atoms with van der Waals surface area (Å²) in [7, 11) is 0. The molecule has 0 spiro atoms. The van der Waals surface area contributed by atoms with Gasteiger partial charge in [0.25, 0.3) is 0 Å². The third-order valence-electron chi connectivity index (χ3n) is 5.16. The molecule has 0 amide bonds. The molecule has 1 unspecified atom stereocenters. The second-order valence-corrected chi connectivity index (χ2v) is 6.56. The van der Waals surface area contributed by atoms with E-state index in [4.69, 9.17) is 4.99 Å². The van der Waals surface area contributed by atoms with Crippen LogP contribution < -0.4 is 4.90 Å². The number of quaternary nitrogens is 1. The molecule has 0 radical (unpaired) electrons. The maximum absolute atomic E-state index is 5.11. The molecule has 0 aliphatic carbocycles. The van der Waals surface area contributed by atoms with Crippen molar-refractivity contribution in [1.29, 1.82) is 0 Å². The molecule has 1 N–H and O–H groups in total. The van der Waals surface area contributed by atoms with Gasteiger partial charge in [-0.2, -0.15) is 0 Å².